The van der Waals surface area contributed by atoms with E-state index in [0.29, 0.717) is 5.69 Å². The van der Waals surface area contributed by atoms with Gasteiger partial charge in [-0.3, -0.25) is 4.79 Å². The number of benzene rings is 1. The van der Waals surface area contributed by atoms with E-state index in [-0.39, 0.29) is 17.4 Å². The summed E-state index contributed by atoms with van der Waals surface area (Å²) >= 11 is 0. The largest absolute Gasteiger partial charge is 0.294 e. The molecular weight excluding hydrogens is 319 g/mol. The highest BCUT2D eigenvalue weighted by Crippen LogP contribution is 2.30. The molecule has 1 unspecified atom stereocenters. The van der Waals surface area contributed by atoms with E-state index in [1.165, 1.54) is 10.9 Å². The summed E-state index contributed by atoms with van der Waals surface area (Å²) in [6, 6.07) is 9.02. The molecule has 0 saturated carbocycles. The highest BCUT2D eigenvalue weighted by molar-refractivity contribution is 6.00. The Labute approximate surface area is 144 Å². The Hall–Kier alpha value is -2.89. The van der Waals surface area contributed by atoms with E-state index in [9.17, 15) is 9.18 Å². The van der Waals surface area contributed by atoms with Crippen molar-refractivity contribution < 1.29 is 9.18 Å². The predicted octanol–water partition coefficient (Wildman–Crippen LogP) is 3.54. The minimum atomic E-state index is -0.591. The van der Waals surface area contributed by atoms with Crippen LogP contribution in [0.3, 0.4) is 0 Å². The molecule has 0 N–H and O–H groups in total. The van der Waals surface area contributed by atoms with Crippen molar-refractivity contribution in [3.63, 3.8) is 0 Å². The molecular formula is C19H17FN4O. The topological polar surface area (TPSA) is 60.7 Å². The normalized spacial score (nSPS) is 16.8. The number of ketones is 1. The maximum absolute atomic E-state index is 13.9. The summed E-state index contributed by atoms with van der Waals surface area (Å²) in [5, 5.41) is 8.30. The number of hydrogen-bond acceptors (Lipinski definition) is 4. The van der Waals surface area contributed by atoms with Crippen LogP contribution in [0.1, 0.15) is 35.0 Å². The van der Waals surface area contributed by atoms with Crippen LogP contribution in [0.5, 0.6) is 0 Å². The lowest BCUT2D eigenvalue weighted by molar-refractivity contribution is 0.0913. The van der Waals surface area contributed by atoms with E-state index in [1.807, 2.05) is 32.0 Å². The van der Waals surface area contributed by atoms with Gasteiger partial charge >= 0.3 is 0 Å². The van der Waals surface area contributed by atoms with Gasteiger partial charge in [-0.05, 0) is 43.5 Å². The zero-order valence-corrected chi connectivity index (χ0v) is 14.0. The number of Topliss-reactive ketones (excluding diaryl/α,β-unsaturated/α-hetero) is 1. The second kappa shape index (κ2) is 5.88. The fourth-order valence-corrected chi connectivity index (χ4v) is 3.32. The third-order valence-corrected chi connectivity index (χ3v) is 4.80. The van der Waals surface area contributed by atoms with Gasteiger partial charge in [0.25, 0.3) is 0 Å². The van der Waals surface area contributed by atoms with E-state index in [1.54, 1.807) is 12.1 Å². The lowest BCUT2D eigenvalue weighted by Gasteiger charge is -2.20. The van der Waals surface area contributed by atoms with Gasteiger partial charge in [-0.2, -0.15) is 4.39 Å². The molecule has 2 aromatic heterocycles. The molecule has 4 rings (SSSR count). The van der Waals surface area contributed by atoms with Crippen molar-refractivity contribution in [2.45, 2.75) is 26.7 Å². The van der Waals surface area contributed by atoms with Gasteiger partial charge < -0.3 is 0 Å². The molecule has 2 heterocycles. The molecule has 25 heavy (non-hydrogen) atoms. The van der Waals surface area contributed by atoms with Crippen LogP contribution in [0, 0.1) is 18.8 Å². The third kappa shape index (κ3) is 2.54. The summed E-state index contributed by atoms with van der Waals surface area (Å²) in [7, 11) is 0. The number of carbonyl (C=O) groups is 1. The number of aromatic nitrogens is 4. The molecule has 6 heteroatoms. The molecule has 0 aliphatic heterocycles. The number of carbonyl (C=O) groups excluding carboxylic acids is 1. The Morgan fingerprint density at radius 2 is 2.12 bits per heavy atom. The van der Waals surface area contributed by atoms with Gasteiger partial charge in [-0.1, -0.05) is 24.3 Å². The molecule has 1 aromatic carbocycles. The van der Waals surface area contributed by atoms with Crippen LogP contribution in [0.25, 0.3) is 16.9 Å². The summed E-state index contributed by atoms with van der Waals surface area (Å²) < 4.78 is 15.4. The number of halogens is 1. The van der Waals surface area contributed by atoms with Crippen LogP contribution in [-0.2, 0) is 6.42 Å². The maximum Gasteiger partial charge on any atom is 0.238 e. The third-order valence-electron chi connectivity index (χ3n) is 4.80. The molecule has 0 bridgehead atoms. The number of pyridine rings is 1. The molecule has 1 atom stereocenters. The average molecular weight is 336 g/mol. The molecule has 0 radical (unpaired) electrons. The van der Waals surface area contributed by atoms with Gasteiger partial charge in [0.2, 0.25) is 5.95 Å². The predicted molar refractivity (Wildman–Crippen MR) is 91.1 cm³/mol. The molecule has 5 nitrogen and oxygen atoms in total. The second-order valence-electron chi connectivity index (χ2n) is 6.42. The standard InChI is InChI=1S/C19H17FN4O/c1-11-5-6-13-10-14(7-8-15(13)18(11)25)17-12(2)24(23-22-17)16-4-3-9-21-19(16)20/h3-4,7-11H,5-6H2,1-2H3. The summed E-state index contributed by atoms with van der Waals surface area (Å²) in [5.41, 5.74) is 4.39. The fourth-order valence-electron chi connectivity index (χ4n) is 3.32. The first kappa shape index (κ1) is 15.6. The zero-order chi connectivity index (χ0) is 17.6. The molecule has 0 fully saturated rings. The van der Waals surface area contributed by atoms with Crippen molar-refractivity contribution in [3.05, 3.63) is 59.3 Å². The second-order valence-corrected chi connectivity index (χ2v) is 6.42. The van der Waals surface area contributed by atoms with Crippen molar-refractivity contribution in [2.24, 2.45) is 5.92 Å². The molecule has 126 valence electrons. The monoisotopic (exact) mass is 336 g/mol. The molecule has 0 saturated heterocycles. The van der Waals surface area contributed by atoms with Crippen molar-refractivity contribution in [1.29, 1.82) is 0 Å². The van der Waals surface area contributed by atoms with Gasteiger partial charge in [0, 0.05) is 23.2 Å². The first-order valence-electron chi connectivity index (χ1n) is 8.27. The van der Waals surface area contributed by atoms with Crippen molar-refractivity contribution in [2.75, 3.05) is 0 Å². The SMILES string of the molecule is Cc1c(-c2ccc3c(c2)CCC(C)C3=O)nnn1-c1cccnc1F. The summed E-state index contributed by atoms with van der Waals surface area (Å²) in [5.74, 6) is -0.313. The molecule has 1 aliphatic carbocycles. The number of aryl methyl sites for hydroxylation is 1. The zero-order valence-electron chi connectivity index (χ0n) is 14.0. The fraction of sp³-hybridized carbons (Fsp3) is 0.263. The Morgan fingerprint density at radius 1 is 1.28 bits per heavy atom. The van der Waals surface area contributed by atoms with E-state index < -0.39 is 5.95 Å². The minimum absolute atomic E-state index is 0.0783. The van der Waals surface area contributed by atoms with Crippen LogP contribution in [0.4, 0.5) is 4.39 Å². The van der Waals surface area contributed by atoms with Crippen molar-refractivity contribution in [3.8, 4) is 16.9 Å². The number of nitrogens with zero attached hydrogens (tertiary/aromatic N) is 4. The number of rotatable bonds is 2. The van der Waals surface area contributed by atoms with Gasteiger partial charge in [0.15, 0.2) is 5.78 Å². The van der Waals surface area contributed by atoms with E-state index in [0.717, 1.165) is 35.2 Å². The first-order chi connectivity index (χ1) is 12.1. The van der Waals surface area contributed by atoms with Crippen LogP contribution in [-0.4, -0.2) is 25.8 Å². The number of fused-ring (bicyclic) bond motifs is 1. The Kier molecular flexibility index (Phi) is 3.67. The lowest BCUT2D eigenvalue weighted by atomic mass is 9.83. The Morgan fingerprint density at radius 3 is 2.92 bits per heavy atom. The average Bonchev–Trinajstić information content (AvgIpc) is 3.00. The summed E-state index contributed by atoms with van der Waals surface area (Å²) in [6.07, 6.45) is 3.13. The lowest BCUT2D eigenvalue weighted by Crippen LogP contribution is -2.19. The Balaban J connectivity index is 1.77. The van der Waals surface area contributed by atoms with Crippen molar-refractivity contribution in [1.82, 2.24) is 20.0 Å². The summed E-state index contributed by atoms with van der Waals surface area (Å²) in [6.45, 7) is 3.81. The van der Waals surface area contributed by atoms with Crippen molar-refractivity contribution >= 4 is 5.78 Å². The van der Waals surface area contributed by atoms with Gasteiger partial charge in [0.05, 0.1) is 5.69 Å². The molecule has 3 aromatic rings. The summed E-state index contributed by atoms with van der Waals surface area (Å²) in [4.78, 5) is 15.9. The molecule has 1 aliphatic rings. The highest BCUT2D eigenvalue weighted by Gasteiger charge is 2.24. The van der Waals surface area contributed by atoms with E-state index in [2.05, 4.69) is 15.3 Å². The first-order valence-corrected chi connectivity index (χ1v) is 8.27. The van der Waals surface area contributed by atoms with Crippen LogP contribution >= 0.6 is 0 Å². The van der Waals surface area contributed by atoms with Gasteiger partial charge in [-0.15, -0.1) is 5.10 Å². The quantitative estimate of drug-likeness (QED) is 0.672. The van der Waals surface area contributed by atoms with E-state index >= 15 is 0 Å². The molecule has 0 spiro atoms. The van der Waals surface area contributed by atoms with Crippen LogP contribution in [0.2, 0.25) is 0 Å². The minimum Gasteiger partial charge on any atom is -0.294 e. The van der Waals surface area contributed by atoms with Crippen LogP contribution in [0.15, 0.2) is 36.5 Å². The van der Waals surface area contributed by atoms with E-state index in [4.69, 9.17) is 0 Å². The highest BCUT2D eigenvalue weighted by atomic mass is 19.1. The number of hydrogen-bond donors (Lipinski definition) is 0. The van der Waals surface area contributed by atoms with Crippen LogP contribution < -0.4 is 0 Å². The molecule has 0 amide bonds. The maximum atomic E-state index is 13.9. The van der Waals surface area contributed by atoms with Gasteiger partial charge in [-0.25, -0.2) is 9.67 Å². The Bertz CT molecular complexity index is 979. The smallest absolute Gasteiger partial charge is 0.238 e. The van der Waals surface area contributed by atoms with Gasteiger partial charge in [0.1, 0.15) is 11.4 Å².